The van der Waals surface area contributed by atoms with Crippen molar-refractivity contribution < 1.29 is 27.4 Å². The van der Waals surface area contributed by atoms with E-state index in [1.54, 1.807) is 4.90 Å². The molecular formula is C17H23F3N2O3. The molecule has 1 aromatic carbocycles. The van der Waals surface area contributed by atoms with Crippen molar-refractivity contribution in [3.05, 3.63) is 29.8 Å². The molecule has 1 saturated heterocycles. The molecule has 8 heteroatoms. The average molecular weight is 360 g/mol. The first-order valence-corrected chi connectivity index (χ1v) is 8.31. The number of hydrogen-bond acceptors (Lipinski definition) is 4. The van der Waals surface area contributed by atoms with Gasteiger partial charge in [0.05, 0.1) is 12.5 Å². The van der Waals surface area contributed by atoms with Gasteiger partial charge in [0.15, 0.2) is 0 Å². The van der Waals surface area contributed by atoms with Gasteiger partial charge in [-0.05, 0) is 43.5 Å². The number of rotatable bonds is 7. The topological polar surface area (TPSA) is 64.8 Å². The molecule has 0 aliphatic carbocycles. The quantitative estimate of drug-likeness (QED) is 0.759. The van der Waals surface area contributed by atoms with E-state index in [2.05, 4.69) is 4.74 Å². The summed E-state index contributed by atoms with van der Waals surface area (Å²) in [5.41, 5.74) is 6.08. The first-order chi connectivity index (χ1) is 11.9. The van der Waals surface area contributed by atoms with E-state index in [1.165, 1.54) is 24.3 Å². The van der Waals surface area contributed by atoms with Crippen molar-refractivity contribution in [3.63, 3.8) is 0 Å². The van der Waals surface area contributed by atoms with Crippen LogP contribution in [-0.4, -0.2) is 49.5 Å². The Balaban J connectivity index is 1.77. The summed E-state index contributed by atoms with van der Waals surface area (Å²) in [6, 6.07) is 5.38. The summed E-state index contributed by atoms with van der Waals surface area (Å²) in [5, 5.41) is 0. The Labute approximate surface area is 144 Å². The van der Waals surface area contributed by atoms with Crippen LogP contribution in [0.2, 0.25) is 0 Å². The van der Waals surface area contributed by atoms with Crippen molar-refractivity contribution in [1.82, 2.24) is 4.90 Å². The summed E-state index contributed by atoms with van der Waals surface area (Å²) in [6.45, 7) is 2.49. The van der Waals surface area contributed by atoms with Crippen molar-refractivity contribution in [2.45, 2.75) is 38.1 Å². The predicted molar refractivity (Wildman–Crippen MR) is 86.1 cm³/mol. The number of nitrogens with two attached hydrogens (primary N) is 1. The number of amides is 1. The third kappa shape index (κ3) is 6.91. The molecular weight excluding hydrogens is 337 g/mol. The molecule has 0 saturated carbocycles. The molecule has 1 aliphatic heterocycles. The molecule has 0 radical (unpaired) electrons. The van der Waals surface area contributed by atoms with Crippen molar-refractivity contribution in [2.75, 3.05) is 26.2 Å². The lowest BCUT2D eigenvalue weighted by atomic mass is 10.1. The Hall–Kier alpha value is -1.80. The molecule has 1 fully saturated rings. The van der Waals surface area contributed by atoms with Crippen molar-refractivity contribution in [2.24, 2.45) is 5.73 Å². The number of alkyl halides is 3. The predicted octanol–water partition coefficient (Wildman–Crippen LogP) is 2.48. The van der Waals surface area contributed by atoms with Crippen LogP contribution >= 0.6 is 0 Å². The van der Waals surface area contributed by atoms with Crippen LogP contribution in [-0.2, 0) is 16.0 Å². The van der Waals surface area contributed by atoms with E-state index in [0.29, 0.717) is 31.8 Å². The fraction of sp³-hybridized carbons (Fsp3) is 0.588. The lowest BCUT2D eigenvalue weighted by molar-refractivity contribution is -0.274. The molecule has 25 heavy (non-hydrogen) atoms. The first-order valence-electron chi connectivity index (χ1n) is 8.31. The number of nitrogens with zero attached hydrogens (tertiary/aromatic N) is 1. The third-order valence-corrected chi connectivity index (χ3v) is 4.01. The van der Waals surface area contributed by atoms with Crippen LogP contribution in [0.5, 0.6) is 5.75 Å². The number of ether oxygens (including phenoxy) is 2. The standard InChI is InChI=1S/C17H23F3N2O3/c18-17(19,20)25-15-4-2-13(3-5-15)12-16(23)22-9-6-14(7-10-22)24-11-1-8-21/h2-5,14H,1,6-12,21H2. The normalized spacial score (nSPS) is 16.1. The number of carbonyl (C=O) groups excluding carboxylic acids is 1. The molecule has 0 atom stereocenters. The minimum atomic E-state index is -4.71. The van der Waals surface area contributed by atoms with Crippen LogP contribution in [0, 0.1) is 0 Å². The lowest BCUT2D eigenvalue weighted by Gasteiger charge is -2.32. The molecule has 2 rings (SSSR count). The van der Waals surface area contributed by atoms with Gasteiger partial charge in [0.25, 0.3) is 0 Å². The lowest BCUT2D eigenvalue weighted by Crippen LogP contribution is -2.41. The minimum absolute atomic E-state index is 0.0371. The second kappa shape index (κ2) is 9.05. The average Bonchev–Trinajstić information content (AvgIpc) is 2.56. The van der Waals surface area contributed by atoms with Gasteiger partial charge >= 0.3 is 6.36 Å². The van der Waals surface area contributed by atoms with E-state index in [4.69, 9.17) is 10.5 Å². The Morgan fingerprint density at radius 1 is 1.20 bits per heavy atom. The molecule has 0 aromatic heterocycles. The van der Waals surface area contributed by atoms with Crippen LogP contribution in [0.3, 0.4) is 0 Å². The van der Waals surface area contributed by atoms with Crippen molar-refractivity contribution in [3.8, 4) is 5.75 Å². The molecule has 1 heterocycles. The van der Waals surface area contributed by atoms with E-state index in [9.17, 15) is 18.0 Å². The summed E-state index contributed by atoms with van der Waals surface area (Å²) in [6.07, 6.45) is -2.00. The first kappa shape index (κ1) is 19.5. The highest BCUT2D eigenvalue weighted by molar-refractivity contribution is 5.78. The van der Waals surface area contributed by atoms with E-state index >= 15 is 0 Å². The van der Waals surface area contributed by atoms with Gasteiger partial charge in [-0.2, -0.15) is 0 Å². The third-order valence-electron chi connectivity index (χ3n) is 4.01. The smallest absolute Gasteiger partial charge is 0.406 e. The number of benzene rings is 1. The zero-order valence-electron chi connectivity index (χ0n) is 13.9. The van der Waals surface area contributed by atoms with E-state index in [-0.39, 0.29) is 24.2 Å². The van der Waals surface area contributed by atoms with Gasteiger partial charge in [0.1, 0.15) is 5.75 Å². The Bertz CT molecular complexity index is 541. The van der Waals surface area contributed by atoms with Crippen LogP contribution in [0.15, 0.2) is 24.3 Å². The fourth-order valence-corrected chi connectivity index (χ4v) is 2.70. The van der Waals surface area contributed by atoms with Gasteiger partial charge in [-0.25, -0.2) is 0 Å². The molecule has 1 amide bonds. The number of hydrogen-bond donors (Lipinski definition) is 1. The van der Waals surface area contributed by atoms with Crippen molar-refractivity contribution in [1.29, 1.82) is 0 Å². The van der Waals surface area contributed by atoms with Gasteiger partial charge < -0.3 is 20.1 Å². The highest BCUT2D eigenvalue weighted by atomic mass is 19.4. The fourth-order valence-electron chi connectivity index (χ4n) is 2.70. The maximum atomic E-state index is 12.3. The summed E-state index contributed by atoms with van der Waals surface area (Å²) >= 11 is 0. The summed E-state index contributed by atoms with van der Waals surface area (Å²) in [7, 11) is 0. The van der Waals surface area contributed by atoms with Crippen LogP contribution in [0.25, 0.3) is 0 Å². The molecule has 2 N–H and O–H groups in total. The van der Waals surface area contributed by atoms with E-state index in [1.807, 2.05) is 0 Å². The molecule has 0 spiro atoms. The van der Waals surface area contributed by atoms with Crippen molar-refractivity contribution >= 4 is 5.91 Å². The van der Waals surface area contributed by atoms with Gasteiger partial charge in [0.2, 0.25) is 5.91 Å². The molecule has 1 aromatic rings. The molecule has 0 bridgehead atoms. The second-order valence-corrected chi connectivity index (χ2v) is 5.96. The van der Waals surface area contributed by atoms with Gasteiger partial charge in [-0.1, -0.05) is 12.1 Å². The zero-order chi connectivity index (χ0) is 18.3. The van der Waals surface area contributed by atoms with Gasteiger partial charge in [-0.3, -0.25) is 4.79 Å². The molecule has 140 valence electrons. The summed E-state index contributed by atoms with van der Waals surface area (Å²) in [5.74, 6) is -0.330. The largest absolute Gasteiger partial charge is 0.573 e. The molecule has 5 nitrogen and oxygen atoms in total. The van der Waals surface area contributed by atoms with Crippen LogP contribution in [0.1, 0.15) is 24.8 Å². The summed E-state index contributed by atoms with van der Waals surface area (Å²) < 4.78 is 45.9. The minimum Gasteiger partial charge on any atom is -0.406 e. The van der Waals surface area contributed by atoms with Gasteiger partial charge in [0, 0.05) is 19.7 Å². The Kier molecular flexibility index (Phi) is 7.07. The number of piperidine rings is 1. The maximum absolute atomic E-state index is 12.3. The molecule has 0 unspecified atom stereocenters. The Morgan fingerprint density at radius 2 is 1.84 bits per heavy atom. The number of carbonyl (C=O) groups is 1. The highest BCUT2D eigenvalue weighted by Gasteiger charge is 2.31. The number of halogens is 3. The van der Waals surface area contributed by atoms with Crippen LogP contribution in [0.4, 0.5) is 13.2 Å². The maximum Gasteiger partial charge on any atom is 0.573 e. The number of likely N-dealkylation sites (tertiary alicyclic amines) is 1. The second-order valence-electron chi connectivity index (χ2n) is 5.96. The highest BCUT2D eigenvalue weighted by Crippen LogP contribution is 2.23. The molecule has 1 aliphatic rings. The summed E-state index contributed by atoms with van der Waals surface area (Å²) in [4.78, 5) is 14.1. The van der Waals surface area contributed by atoms with E-state index in [0.717, 1.165) is 19.3 Å². The Morgan fingerprint density at radius 3 is 2.40 bits per heavy atom. The van der Waals surface area contributed by atoms with E-state index < -0.39 is 6.36 Å². The zero-order valence-corrected chi connectivity index (χ0v) is 13.9. The SMILES string of the molecule is NCCCOC1CCN(C(=O)Cc2ccc(OC(F)(F)F)cc2)CC1. The van der Waals surface area contributed by atoms with Crippen LogP contribution < -0.4 is 10.5 Å². The van der Waals surface area contributed by atoms with Gasteiger partial charge in [-0.15, -0.1) is 13.2 Å². The monoisotopic (exact) mass is 360 g/mol.